The Labute approximate surface area is 134 Å². The Hall–Kier alpha value is -2.18. The van der Waals surface area contributed by atoms with E-state index in [4.69, 9.17) is 4.52 Å². The van der Waals surface area contributed by atoms with Gasteiger partial charge in [-0.3, -0.25) is 4.79 Å². The zero-order valence-corrected chi connectivity index (χ0v) is 13.0. The lowest BCUT2D eigenvalue weighted by Crippen LogP contribution is -2.56. The molecule has 2 heterocycles. The zero-order chi connectivity index (χ0) is 16.4. The van der Waals surface area contributed by atoms with Crippen molar-refractivity contribution >= 4 is 5.91 Å². The van der Waals surface area contributed by atoms with Gasteiger partial charge in [0.15, 0.2) is 5.76 Å². The summed E-state index contributed by atoms with van der Waals surface area (Å²) in [5.41, 5.74) is 0.0227. The molecule has 6 nitrogen and oxygen atoms in total. The van der Waals surface area contributed by atoms with Gasteiger partial charge in [-0.2, -0.15) is 0 Å². The maximum absolute atomic E-state index is 12.7. The highest BCUT2D eigenvalue weighted by Crippen LogP contribution is 2.29. The van der Waals surface area contributed by atoms with Crippen molar-refractivity contribution in [3.8, 4) is 11.3 Å². The Morgan fingerprint density at radius 3 is 2.83 bits per heavy atom. The number of hydrogen-bond acceptors (Lipinski definition) is 5. The van der Waals surface area contributed by atoms with E-state index in [0.717, 1.165) is 5.56 Å². The van der Waals surface area contributed by atoms with Crippen LogP contribution < -0.4 is 0 Å². The summed E-state index contributed by atoms with van der Waals surface area (Å²) in [4.78, 5) is 14.3. The fraction of sp³-hybridized carbons (Fsp3) is 0.412. The number of piperidine rings is 1. The minimum Gasteiger partial charge on any atom is -0.388 e. The molecule has 1 aromatic heterocycles. The predicted molar refractivity (Wildman–Crippen MR) is 83.7 cm³/mol. The molecular weight excluding hydrogens is 296 g/mol. The van der Waals surface area contributed by atoms with E-state index in [1.54, 1.807) is 0 Å². The van der Waals surface area contributed by atoms with Gasteiger partial charge >= 0.3 is 0 Å². The van der Waals surface area contributed by atoms with Gasteiger partial charge in [0.05, 0.1) is 11.8 Å². The summed E-state index contributed by atoms with van der Waals surface area (Å²) in [7, 11) is 0. The zero-order valence-electron chi connectivity index (χ0n) is 13.0. The number of aromatic nitrogens is 1. The topological polar surface area (TPSA) is 86.8 Å². The summed E-state index contributed by atoms with van der Waals surface area (Å²) in [6, 6.07) is 9.29. The highest BCUT2D eigenvalue weighted by atomic mass is 16.5. The number of β-amino-alcohol motifs (C(OH)–C–C–N with tert-alkyl or cyclic N) is 1. The number of hydrogen-bond donors (Lipinski definition) is 2. The van der Waals surface area contributed by atoms with Crippen LogP contribution in [0.5, 0.6) is 0 Å². The SMILES string of the molecule is CC[C@@]1(O)CCN(C(=O)c2cnoc2-c2ccccc2)C[C@H]1O. The Morgan fingerprint density at radius 2 is 2.17 bits per heavy atom. The molecule has 2 N–H and O–H groups in total. The summed E-state index contributed by atoms with van der Waals surface area (Å²) < 4.78 is 5.24. The lowest BCUT2D eigenvalue weighted by Gasteiger charge is -2.41. The summed E-state index contributed by atoms with van der Waals surface area (Å²) in [5, 5.41) is 24.2. The van der Waals surface area contributed by atoms with Gasteiger partial charge in [0.1, 0.15) is 11.7 Å². The average Bonchev–Trinajstić information content (AvgIpc) is 3.07. The second-order valence-electron chi connectivity index (χ2n) is 5.91. The van der Waals surface area contributed by atoms with Gasteiger partial charge in [-0.25, -0.2) is 0 Å². The number of aliphatic hydroxyl groups is 2. The molecule has 1 aliphatic heterocycles. The van der Waals surface area contributed by atoms with Gasteiger partial charge in [-0.15, -0.1) is 0 Å². The van der Waals surface area contributed by atoms with Gasteiger partial charge in [0.25, 0.3) is 5.91 Å². The van der Waals surface area contributed by atoms with Crippen LogP contribution in [0.1, 0.15) is 30.1 Å². The van der Waals surface area contributed by atoms with E-state index < -0.39 is 11.7 Å². The van der Waals surface area contributed by atoms with Gasteiger partial charge in [0, 0.05) is 18.7 Å². The molecule has 1 saturated heterocycles. The van der Waals surface area contributed by atoms with E-state index in [9.17, 15) is 15.0 Å². The van der Waals surface area contributed by atoms with Crippen LogP contribution in [0.25, 0.3) is 11.3 Å². The first-order chi connectivity index (χ1) is 11.0. The Balaban J connectivity index is 1.82. The van der Waals surface area contributed by atoms with Gasteiger partial charge in [0.2, 0.25) is 0 Å². The monoisotopic (exact) mass is 316 g/mol. The first-order valence-corrected chi connectivity index (χ1v) is 7.75. The minimum absolute atomic E-state index is 0.0998. The molecular formula is C17H20N2O4. The standard InChI is InChI=1S/C17H20N2O4/c1-2-17(22)8-9-19(11-14(17)20)16(21)13-10-18-23-15(13)12-6-4-3-5-7-12/h3-7,10,14,20,22H,2,8-9,11H2,1H3/t14-,17-/m1/s1. The maximum Gasteiger partial charge on any atom is 0.259 e. The number of likely N-dealkylation sites (tertiary alicyclic amines) is 1. The average molecular weight is 316 g/mol. The van der Waals surface area contributed by atoms with Crippen LogP contribution in [0, 0.1) is 0 Å². The second-order valence-corrected chi connectivity index (χ2v) is 5.91. The number of aliphatic hydroxyl groups excluding tert-OH is 1. The number of amides is 1. The van der Waals surface area contributed by atoms with E-state index in [1.165, 1.54) is 11.1 Å². The fourth-order valence-corrected chi connectivity index (χ4v) is 2.92. The molecule has 0 spiro atoms. The number of carbonyl (C=O) groups is 1. The van der Waals surface area contributed by atoms with Crippen molar-refractivity contribution in [1.29, 1.82) is 0 Å². The van der Waals surface area contributed by atoms with E-state index in [0.29, 0.717) is 30.7 Å². The van der Waals surface area contributed by atoms with Gasteiger partial charge in [-0.05, 0) is 12.8 Å². The molecule has 1 aromatic carbocycles. The Kier molecular flexibility index (Phi) is 4.19. The van der Waals surface area contributed by atoms with Crippen molar-refractivity contribution in [3.63, 3.8) is 0 Å². The third-order valence-electron chi connectivity index (χ3n) is 4.56. The minimum atomic E-state index is -1.12. The van der Waals surface area contributed by atoms with Gasteiger partial charge < -0.3 is 19.6 Å². The van der Waals surface area contributed by atoms with Crippen molar-refractivity contribution in [2.24, 2.45) is 0 Å². The van der Waals surface area contributed by atoms with Crippen molar-refractivity contribution in [1.82, 2.24) is 10.1 Å². The molecule has 3 rings (SSSR count). The van der Waals surface area contributed by atoms with Crippen LogP contribution in [-0.4, -0.2) is 51.0 Å². The van der Waals surface area contributed by atoms with Crippen LogP contribution in [-0.2, 0) is 0 Å². The molecule has 0 radical (unpaired) electrons. The van der Waals surface area contributed by atoms with Crippen molar-refractivity contribution in [3.05, 3.63) is 42.1 Å². The molecule has 0 saturated carbocycles. The van der Waals surface area contributed by atoms with Crippen molar-refractivity contribution < 1.29 is 19.5 Å². The first kappa shape index (κ1) is 15.7. The lowest BCUT2D eigenvalue weighted by molar-refractivity contribution is -0.114. The number of benzene rings is 1. The van der Waals surface area contributed by atoms with Crippen molar-refractivity contribution in [2.75, 3.05) is 13.1 Å². The number of nitrogens with zero attached hydrogens (tertiary/aromatic N) is 2. The normalized spacial score (nSPS) is 24.7. The highest BCUT2D eigenvalue weighted by Gasteiger charge is 2.41. The lowest BCUT2D eigenvalue weighted by atomic mass is 9.86. The van der Waals surface area contributed by atoms with E-state index in [2.05, 4.69) is 5.16 Å². The smallest absolute Gasteiger partial charge is 0.259 e. The molecule has 0 aliphatic carbocycles. The van der Waals surface area contributed by atoms with Crippen LogP contribution in [0.15, 0.2) is 41.1 Å². The molecule has 1 fully saturated rings. The molecule has 0 unspecified atom stereocenters. The molecule has 6 heteroatoms. The molecule has 1 aliphatic rings. The summed E-state index contributed by atoms with van der Waals surface area (Å²) >= 11 is 0. The predicted octanol–water partition coefficient (Wildman–Crippen LogP) is 1.69. The van der Waals surface area contributed by atoms with Crippen molar-refractivity contribution in [2.45, 2.75) is 31.5 Å². The quantitative estimate of drug-likeness (QED) is 0.900. The van der Waals surface area contributed by atoms with E-state index in [1.807, 2.05) is 37.3 Å². The second kappa shape index (κ2) is 6.14. The summed E-state index contributed by atoms with van der Waals surface area (Å²) in [6.07, 6.45) is 1.25. The number of carbonyl (C=O) groups excluding carboxylic acids is 1. The Morgan fingerprint density at radius 1 is 1.43 bits per heavy atom. The molecule has 122 valence electrons. The summed E-state index contributed by atoms with van der Waals surface area (Å²) in [6.45, 7) is 2.32. The number of rotatable bonds is 3. The third kappa shape index (κ3) is 2.87. The third-order valence-corrected chi connectivity index (χ3v) is 4.56. The highest BCUT2D eigenvalue weighted by molar-refractivity contribution is 5.99. The molecule has 1 amide bonds. The molecule has 23 heavy (non-hydrogen) atoms. The van der Waals surface area contributed by atoms with Crippen LogP contribution >= 0.6 is 0 Å². The largest absolute Gasteiger partial charge is 0.388 e. The van der Waals surface area contributed by atoms with Crippen LogP contribution in [0.2, 0.25) is 0 Å². The van der Waals surface area contributed by atoms with Crippen LogP contribution in [0.4, 0.5) is 0 Å². The molecule has 0 bridgehead atoms. The van der Waals surface area contributed by atoms with E-state index >= 15 is 0 Å². The van der Waals surface area contributed by atoms with E-state index in [-0.39, 0.29) is 12.5 Å². The Bertz CT molecular complexity index is 685. The van der Waals surface area contributed by atoms with Crippen LogP contribution in [0.3, 0.4) is 0 Å². The summed E-state index contributed by atoms with van der Waals surface area (Å²) in [5.74, 6) is 0.170. The molecule has 2 aromatic rings. The van der Waals surface area contributed by atoms with Gasteiger partial charge in [-0.1, -0.05) is 42.4 Å². The fourth-order valence-electron chi connectivity index (χ4n) is 2.92. The maximum atomic E-state index is 12.7. The molecule has 2 atom stereocenters. The first-order valence-electron chi connectivity index (χ1n) is 7.75.